The minimum Gasteiger partial charge on any atom is -0.508 e. The third kappa shape index (κ3) is 4.09. The molecule has 0 bridgehead atoms. The van der Waals surface area contributed by atoms with Crippen LogP contribution >= 0.6 is 0 Å². The highest BCUT2D eigenvalue weighted by Crippen LogP contribution is 2.34. The molecule has 2 rings (SSSR count). The molecule has 1 aromatic carbocycles. The number of amides is 1. The Hall–Kier alpha value is -1.78. The van der Waals surface area contributed by atoms with Gasteiger partial charge in [-0.2, -0.15) is 0 Å². The van der Waals surface area contributed by atoms with Crippen LogP contribution in [0.1, 0.15) is 38.9 Å². The SMILES string of the molecule is CC(C)(C)OC(=O)N1CCC(C(F)c2ccc(O)cc2)C1. The van der Waals surface area contributed by atoms with Crippen molar-refractivity contribution in [3.63, 3.8) is 0 Å². The number of phenolic OH excluding ortho intramolecular Hbond substituents is 1. The van der Waals surface area contributed by atoms with E-state index in [-0.39, 0.29) is 17.8 Å². The van der Waals surface area contributed by atoms with Crippen molar-refractivity contribution in [3.8, 4) is 5.75 Å². The van der Waals surface area contributed by atoms with Crippen molar-refractivity contribution < 1.29 is 19.0 Å². The number of aromatic hydroxyl groups is 1. The van der Waals surface area contributed by atoms with E-state index in [2.05, 4.69) is 0 Å². The number of nitrogens with zero attached hydrogens (tertiary/aromatic N) is 1. The lowest BCUT2D eigenvalue weighted by molar-refractivity contribution is 0.0281. The molecular weight excluding hydrogens is 273 g/mol. The Balaban J connectivity index is 1.95. The predicted octanol–water partition coefficient (Wildman–Crippen LogP) is 3.66. The highest BCUT2D eigenvalue weighted by Gasteiger charge is 2.34. The lowest BCUT2D eigenvalue weighted by atomic mass is 9.96. The Labute approximate surface area is 124 Å². The van der Waals surface area contributed by atoms with Gasteiger partial charge in [-0.1, -0.05) is 12.1 Å². The molecule has 1 heterocycles. The number of carbonyl (C=O) groups is 1. The van der Waals surface area contributed by atoms with Crippen molar-refractivity contribution in [2.45, 2.75) is 39.0 Å². The molecule has 0 aromatic heterocycles. The summed E-state index contributed by atoms with van der Waals surface area (Å²) in [5.74, 6) is -0.116. The molecule has 4 nitrogen and oxygen atoms in total. The van der Waals surface area contributed by atoms with Crippen LogP contribution in [0.2, 0.25) is 0 Å². The first kappa shape index (κ1) is 15.6. The Morgan fingerprint density at radius 3 is 2.57 bits per heavy atom. The third-order valence-corrected chi connectivity index (χ3v) is 3.50. The first-order valence-electron chi connectivity index (χ1n) is 7.17. The fourth-order valence-corrected chi connectivity index (χ4v) is 2.45. The molecule has 0 aliphatic carbocycles. The molecule has 1 aliphatic rings. The van der Waals surface area contributed by atoms with Crippen molar-refractivity contribution in [1.29, 1.82) is 0 Å². The number of hydrogen-bond acceptors (Lipinski definition) is 3. The van der Waals surface area contributed by atoms with Gasteiger partial charge in [0.15, 0.2) is 0 Å². The van der Waals surface area contributed by atoms with Gasteiger partial charge in [0, 0.05) is 19.0 Å². The highest BCUT2D eigenvalue weighted by atomic mass is 19.1. The summed E-state index contributed by atoms with van der Waals surface area (Å²) in [6.45, 7) is 6.31. The zero-order chi connectivity index (χ0) is 15.6. The minimum absolute atomic E-state index is 0.118. The summed E-state index contributed by atoms with van der Waals surface area (Å²) in [5.41, 5.74) is -0.00910. The van der Waals surface area contributed by atoms with Crippen LogP contribution < -0.4 is 0 Å². The van der Waals surface area contributed by atoms with Crippen LogP contribution in [0, 0.1) is 5.92 Å². The molecule has 1 aliphatic heterocycles. The minimum atomic E-state index is -1.14. The van der Waals surface area contributed by atoms with Gasteiger partial charge in [-0.25, -0.2) is 9.18 Å². The number of alkyl halides is 1. The van der Waals surface area contributed by atoms with Gasteiger partial charge in [0.1, 0.15) is 17.5 Å². The summed E-state index contributed by atoms with van der Waals surface area (Å²) in [5, 5.41) is 9.23. The third-order valence-electron chi connectivity index (χ3n) is 3.50. The van der Waals surface area contributed by atoms with Crippen molar-refractivity contribution in [2.24, 2.45) is 5.92 Å². The van der Waals surface area contributed by atoms with Gasteiger partial charge >= 0.3 is 6.09 Å². The van der Waals surface area contributed by atoms with Crippen LogP contribution in [0.25, 0.3) is 0 Å². The largest absolute Gasteiger partial charge is 0.508 e. The Morgan fingerprint density at radius 2 is 2.00 bits per heavy atom. The Bertz CT molecular complexity index is 495. The second kappa shape index (κ2) is 5.92. The van der Waals surface area contributed by atoms with E-state index in [1.54, 1.807) is 17.0 Å². The van der Waals surface area contributed by atoms with Gasteiger partial charge in [0.25, 0.3) is 0 Å². The van der Waals surface area contributed by atoms with Crippen LogP contribution in [-0.4, -0.2) is 34.8 Å². The Kier molecular flexibility index (Phi) is 4.40. The van der Waals surface area contributed by atoms with E-state index in [0.29, 0.717) is 25.1 Å². The molecule has 1 saturated heterocycles. The van der Waals surface area contributed by atoms with E-state index in [9.17, 15) is 14.3 Å². The maximum Gasteiger partial charge on any atom is 0.410 e. The maximum absolute atomic E-state index is 14.5. The lowest BCUT2D eigenvalue weighted by Gasteiger charge is -2.24. The first-order chi connectivity index (χ1) is 9.76. The average molecular weight is 295 g/mol. The molecule has 0 spiro atoms. The van der Waals surface area contributed by atoms with Crippen LogP contribution in [0.3, 0.4) is 0 Å². The average Bonchev–Trinajstić information content (AvgIpc) is 2.86. The fraction of sp³-hybridized carbons (Fsp3) is 0.562. The standard InChI is InChI=1S/C16H22FNO3/c1-16(2,3)21-15(20)18-9-8-12(10-18)14(17)11-4-6-13(19)7-5-11/h4-7,12,14,19H,8-10H2,1-3H3. The zero-order valence-corrected chi connectivity index (χ0v) is 12.7. The van der Waals surface area contributed by atoms with Gasteiger partial charge in [-0.3, -0.25) is 0 Å². The van der Waals surface area contributed by atoms with E-state index >= 15 is 0 Å². The normalized spacial score (nSPS) is 20.4. The Morgan fingerprint density at radius 1 is 1.38 bits per heavy atom. The van der Waals surface area contributed by atoms with E-state index in [0.717, 1.165) is 0 Å². The lowest BCUT2D eigenvalue weighted by Crippen LogP contribution is -2.35. The molecule has 2 unspecified atom stereocenters. The number of benzene rings is 1. The molecule has 1 amide bonds. The smallest absolute Gasteiger partial charge is 0.410 e. The van der Waals surface area contributed by atoms with Gasteiger partial charge in [-0.05, 0) is 44.9 Å². The molecule has 1 aromatic rings. The highest BCUT2D eigenvalue weighted by molar-refractivity contribution is 5.68. The monoisotopic (exact) mass is 295 g/mol. The number of likely N-dealkylation sites (tertiary alicyclic amines) is 1. The summed E-state index contributed by atoms with van der Waals surface area (Å²) in [4.78, 5) is 13.5. The number of hydrogen-bond donors (Lipinski definition) is 1. The van der Waals surface area contributed by atoms with Gasteiger partial charge in [-0.15, -0.1) is 0 Å². The van der Waals surface area contributed by atoms with E-state index in [4.69, 9.17) is 4.74 Å². The summed E-state index contributed by atoms with van der Waals surface area (Å²) in [7, 11) is 0. The quantitative estimate of drug-likeness (QED) is 0.906. The molecule has 21 heavy (non-hydrogen) atoms. The van der Waals surface area contributed by atoms with Crippen LogP contribution in [0.5, 0.6) is 5.75 Å². The summed E-state index contributed by atoms with van der Waals surface area (Å²) < 4.78 is 19.8. The number of halogens is 1. The number of rotatable bonds is 2. The predicted molar refractivity (Wildman–Crippen MR) is 77.9 cm³/mol. The maximum atomic E-state index is 14.5. The second-order valence-electron chi connectivity index (χ2n) is 6.47. The van der Waals surface area contributed by atoms with Crippen LogP contribution in [0.4, 0.5) is 9.18 Å². The summed E-state index contributed by atoms with van der Waals surface area (Å²) in [6, 6.07) is 6.11. The fourth-order valence-electron chi connectivity index (χ4n) is 2.45. The molecule has 0 saturated carbocycles. The molecule has 0 radical (unpaired) electrons. The molecule has 1 fully saturated rings. The zero-order valence-electron chi connectivity index (χ0n) is 12.7. The van der Waals surface area contributed by atoms with Crippen molar-refractivity contribution in [1.82, 2.24) is 4.90 Å². The van der Waals surface area contributed by atoms with E-state index in [1.807, 2.05) is 20.8 Å². The van der Waals surface area contributed by atoms with Gasteiger partial charge < -0.3 is 14.7 Å². The van der Waals surface area contributed by atoms with Crippen molar-refractivity contribution in [3.05, 3.63) is 29.8 Å². The van der Waals surface area contributed by atoms with Crippen molar-refractivity contribution >= 4 is 6.09 Å². The first-order valence-corrected chi connectivity index (χ1v) is 7.17. The second-order valence-corrected chi connectivity index (χ2v) is 6.47. The number of ether oxygens (including phenoxy) is 1. The van der Waals surface area contributed by atoms with Crippen molar-refractivity contribution in [2.75, 3.05) is 13.1 Å². The van der Waals surface area contributed by atoms with E-state index in [1.165, 1.54) is 12.1 Å². The summed E-state index contributed by atoms with van der Waals surface area (Å²) >= 11 is 0. The molecule has 1 N–H and O–H groups in total. The van der Waals surface area contributed by atoms with Gasteiger partial charge in [0.2, 0.25) is 0 Å². The van der Waals surface area contributed by atoms with E-state index < -0.39 is 11.8 Å². The molecular formula is C16H22FNO3. The molecule has 116 valence electrons. The van der Waals surface area contributed by atoms with Crippen LogP contribution in [-0.2, 0) is 4.74 Å². The molecule has 5 heteroatoms. The van der Waals surface area contributed by atoms with Gasteiger partial charge in [0.05, 0.1) is 0 Å². The molecule has 2 atom stereocenters. The topological polar surface area (TPSA) is 49.8 Å². The number of phenols is 1. The summed E-state index contributed by atoms with van der Waals surface area (Å²) in [6.07, 6.45) is -0.915. The van der Waals surface area contributed by atoms with Crippen LogP contribution in [0.15, 0.2) is 24.3 Å². The number of carbonyl (C=O) groups excluding carboxylic acids is 1.